The van der Waals surface area contributed by atoms with Gasteiger partial charge in [-0.15, -0.1) is 5.92 Å². The van der Waals surface area contributed by atoms with Crippen molar-refractivity contribution in [3.8, 4) is 0 Å². The maximum absolute atomic E-state index is 13.2. The Hall–Kier alpha value is -0.137. The maximum atomic E-state index is 13.2. The molecule has 0 N–H and O–H groups in total. The van der Waals surface area contributed by atoms with Crippen LogP contribution in [0.2, 0.25) is 0 Å². The molecule has 2 unspecified atom stereocenters. The topological polar surface area (TPSA) is 49.6 Å². The molecule has 3 rings (SSSR count). The smallest absolute Gasteiger partial charge is 0.405 e. The monoisotopic (exact) mass is 479 g/mol. The van der Waals surface area contributed by atoms with Gasteiger partial charge in [0.2, 0.25) is 0 Å². The van der Waals surface area contributed by atoms with Gasteiger partial charge in [-0.05, 0) is 32.4 Å². The van der Waals surface area contributed by atoms with E-state index in [9.17, 15) is 4.57 Å². The van der Waals surface area contributed by atoms with Gasteiger partial charge in [-0.2, -0.15) is 49.5 Å². The summed E-state index contributed by atoms with van der Waals surface area (Å²) in [5.41, 5.74) is 1.16. The Labute approximate surface area is 182 Å². The zero-order valence-corrected chi connectivity index (χ0v) is 20.0. The third kappa shape index (κ3) is 5.69. The van der Waals surface area contributed by atoms with Crippen molar-refractivity contribution in [2.45, 2.75) is 26.2 Å². The molecule has 1 heterocycles. The molecule has 4 nitrogen and oxygen atoms in total. The van der Waals surface area contributed by atoms with Crippen molar-refractivity contribution in [3.05, 3.63) is 77.2 Å². The summed E-state index contributed by atoms with van der Waals surface area (Å²) in [5, 5.41) is 1.12. The van der Waals surface area contributed by atoms with Crippen LogP contribution in [0.4, 0.5) is 0 Å². The van der Waals surface area contributed by atoms with Gasteiger partial charge in [-0.3, -0.25) is 4.57 Å². The number of hydrogen-bond donors (Lipinski definition) is 0. The van der Waals surface area contributed by atoms with Gasteiger partial charge >= 0.3 is 26.2 Å². The first-order valence-corrected chi connectivity index (χ1v) is 12.5. The molecule has 0 amide bonds. The predicted molar refractivity (Wildman–Crippen MR) is 109 cm³/mol. The Morgan fingerprint density at radius 2 is 1.81 bits per heavy atom. The summed E-state index contributed by atoms with van der Waals surface area (Å²) in [5.74, 6) is 0.255. The molecule has 0 bridgehead atoms. The summed E-state index contributed by atoms with van der Waals surface area (Å²) >= 11 is 0. The Morgan fingerprint density at radius 1 is 1.15 bits per heavy atom. The molecule has 1 aliphatic rings. The van der Waals surface area contributed by atoms with Gasteiger partial charge in [0, 0.05) is 6.16 Å². The quantitative estimate of drug-likeness (QED) is 0.347. The van der Waals surface area contributed by atoms with Crippen molar-refractivity contribution in [1.29, 1.82) is 0 Å². The van der Waals surface area contributed by atoms with Gasteiger partial charge < -0.3 is 13.9 Å². The van der Waals surface area contributed by atoms with Crippen LogP contribution in [0, 0.1) is 12.2 Å². The largest absolute Gasteiger partial charge is 2.00 e. The first kappa shape index (κ1) is 23.1. The van der Waals surface area contributed by atoms with Crippen LogP contribution in [0.1, 0.15) is 31.7 Å². The SMILES string of the molecule is CCOP(=O)([N-][P+]1(c2ccccc2)[CH-]C(c2[c-]cccc2)CC1)OCC.[Zr+2]. The van der Waals surface area contributed by atoms with Crippen molar-refractivity contribution in [3.63, 3.8) is 0 Å². The summed E-state index contributed by atoms with van der Waals surface area (Å²) in [7, 11) is -5.62. The summed E-state index contributed by atoms with van der Waals surface area (Å²) < 4.78 is 24.2. The Balaban J connectivity index is 0.00000261. The summed E-state index contributed by atoms with van der Waals surface area (Å²) in [4.78, 5) is 4.82. The summed E-state index contributed by atoms with van der Waals surface area (Å²) in [6, 6.07) is 21.5. The molecule has 27 heavy (non-hydrogen) atoms. The Morgan fingerprint density at radius 3 is 2.41 bits per heavy atom. The summed E-state index contributed by atoms with van der Waals surface area (Å²) in [6.07, 6.45) is 4.12. The van der Waals surface area contributed by atoms with Crippen LogP contribution in [0.5, 0.6) is 0 Å². The average molecular weight is 481 g/mol. The first-order valence-electron chi connectivity index (χ1n) is 9.01. The van der Waals surface area contributed by atoms with Crippen LogP contribution in [0.3, 0.4) is 0 Å². The molecule has 7 heteroatoms. The molecule has 2 atom stereocenters. The van der Waals surface area contributed by atoms with Crippen molar-refractivity contribution in [2.24, 2.45) is 0 Å². The van der Waals surface area contributed by atoms with Gasteiger partial charge in [-0.25, -0.2) is 0 Å². The molecule has 2 aromatic rings. The minimum Gasteiger partial charge on any atom is -0.405 e. The first-order chi connectivity index (χ1) is 12.6. The number of nitrogens with zero attached hydrogens (tertiary/aromatic N) is 1. The zero-order valence-electron chi connectivity index (χ0n) is 15.7. The van der Waals surface area contributed by atoms with Crippen molar-refractivity contribution in [2.75, 3.05) is 19.4 Å². The minimum atomic E-state index is -3.48. The van der Waals surface area contributed by atoms with Crippen LogP contribution < -0.4 is 5.30 Å². The molecule has 0 saturated carbocycles. The van der Waals surface area contributed by atoms with Gasteiger partial charge in [0.1, 0.15) is 0 Å². The molecular formula is C20H25NO3P2Zr. The average Bonchev–Trinajstić information content (AvgIpc) is 3.08. The molecule has 1 aliphatic heterocycles. The second-order valence-electron chi connectivity index (χ2n) is 6.14. The fourth-order valence-corrected chi connectivity index (χ4v) is 9.85. The zero-order chi connectivity index (χ0) is 18.5. The third-order valence-corrected chi connectivity index (χ3v) is 10.7. The van der Waals surface area contributed by atoms with E-state index in [0.29, 0.717) is 13.2 Å². The fraction of sp³-hybridized carbons (Fsp3) is 0.350. The van der Waals surface area contributed by atoms with E-state index in [-0.39, 0.29) is 32.1 Å². The molecular weight excluding hydrogens is 455 g/mol. The molecule has 0 radical (unpaired) electrons. The normalized spacial score (nSPS) is 22.4. The minimum absolute atomic E-state index is 0. The van der Waals surface area contributed by atoms with Crippen molar-refractivity contribution >= 4 is 20.5 Å². The van der Waals surface area contributed by atoms with E-state index < -0.39 is 15.2 Å². The molecule has 0 aliphatic carbocycles. The van der Waals surface area contributed by atoms with E-state index in [1.54, 1.807) is 0 Å². The van der Waals surface area contributed by atoms with Gasteiger partial charge in [0.05, 0.1) is 18.5 Å². The van der Waals surface area contributed by atoms with E-state index in [1.165, 1.54) is 0 Å². The van der Waals surface area contributed by atoms with E-state index in [0.717, 1.165) is 23.5 Å². The van der Waals surface area contributed by atoms with Crippen LogP contribution in [-0.2, 0) is 39.8 Å². The van der Waals surface area contributed by atoms with Crippen LogP contribution in [0.15, 0.2) is 54.6 Å². The van der Waals surface area contributed by atoms with E-state index in [2.05, 4.69) is 30.4 Å². The number of hydrogen-bond acceptors (Lipinski definition) is 3. The van der Waals surface area contributed by atoms with Crippen LogP contribution in [-0.4, -0.2) is 19.4 Å². The fourth-order valence-electron chi connectivity index (χ4n) is 3.29. The maximum Gasteiger partial charge on any atom is 2.00 e. The van der Waals surface area contributed by atoms with E-state index in [4.69, 9.17) is 13.9 Å². The molecule has 0 aromatic heterocycles. The van der Waals surface area contributed by atoms with E-state index in [1.807, 2.05) is 50.2 Å². The second kappa shape index (κ2) is 10.6. The molecule has 1 saturated heterocycles. The van der Waals surface area contributed by atoms with Gasteiger partial charge in [-0.1, -0.05) is 18.2 Å². The van der Waals surface area contributed by atoms with Gasteiger partial charge in [0.25, 0.3) is 7.75 Å². The Kier molecular flexibility index (Phi) is 9.07. The Bertz CT molecular complexity index is 737. The second-order valence-corrected chi connectivity index (χ2v) is 11.2. The summed E-state index contributed by atoms with van der Waals surface area (Å²) in [6.45, 7) is 4.25. The van der Waals surface area contributed by atoms with Crippen LogP contribution in [0.25, 0.3) is 4.86 Å². The van der Waals surface area contributed by atoms with Crippen molar-refractivity contribution in [1.82, 2.24) is 0 Å². The van der Waals surface area contributed by atoms with Crippen LogP contribution >= 0.6 is 15.2 Å². The third-order valence-electron chi connectivity index (χ3n) is 4.40. The molecule has 0 spiro atoms. The number of rotatable bonds is 8. The van der Waals surface area contributed by atoms with Crippen molar-refractivity contribution < 1.29 is 39.8 Å². The van der Waals surface area contributed by atoms with Gasteiger partial charge in [0.15, 0.2) is 0 Å². The molecule has 1 fully saturated rings. The molecule has 142 valence electrons. The van der Waals surface area contributed by atoms with E-state index >= 15 is 0 Å². The number of benzene rings is 2. The standard InChI is InChI=1S/C20H25NO3P2.Zr/c1-3-23-26(22,24-4-2)21-25(20-13-9-6-10-14-20)16-15-19(17-25)18-11-7-5-8-12-18;/h5-11,13-14,17,19H,3-4,15-16H2,1-2H3;/q-2;+2. The predicted octanol–water partition coefficient (Wildman–Crippen LogP) is 5.95. The molecule has 2 aromatic carbocycles.